The molecular weight excluding hydrogens is 320 g/mol. The van der Waals surface area contributed by atoms with Crippen molar-refractivity contribution in [2.45, 2.75) is 31.7 Å². The molecule has 0 atom stereocenters. The third kappa shape index (κ3) is 2.80. The Morgan fingerprint density at radius 2 is 2.08 bits per heavy atom. The van der Waals surface area contributed by atoms with Gasteiger partial charge in [0, 0.05) is 11.6 Å². The molecule has 3 N–H and O–H groups in total. The van der Waals surface area contributed by atoms with Gasteiger partial charge in [-0.05, 0) is 50.3 Å². The Morgan fingerprint density at radius 1 is 1.28 bits per heavy atom. The molecule has 1 saturated carbocycles. The molecule has 0 unspecified atom stereocenters. The standard InChI is InChI=1S/C18H20N4O3/c19-8-11-4-6-13(7-5-11)22-9-15-17(21-18(22)24)20-16-12(10-23)2-1-3-14(16)25-15/h1-3,9-11,13H,4-8,19H2,(H,20,21,24). The summed E-state index contributed by atoms with van der Waals surface area (Å²) in [5.74, 6) is 1.94. The number of hydrogen-bond donors (Lipinski definition) is 2. The van der Waals surface area contributed by atoms with E-state index in [0.717, 1.165) is 32.0 Å². The van der Waals surface area contributed by atoms with Gasteiger partial charge in [-0.3, -0.25) is 9.36 Å². The second-order valence-electron chi connectivity index (χ2n) is 6.62. The van der Waals surface area contributed by atoms with Crippen molar-refractivity contribution in [1.82, 2.24) is 9.55 Å². The lowest BCUT2D eigenvalue weighted by Gasteiger charge is -2.30. The molecule has 7 heteroatoms. The average Bonchev–Trinajstić information content (AvgIpc) is 2.65. The van der Waals surface area contributed by atoms with Crippen LogP contribution in [0.15, 0.2) is 29.2 Å². The van der Waals surface area contributed by atoms with Crippen molar-refractivity contribution < 1.29 is 9.53 Å². The lowest BCUT2D eigenvalue weighted by Crippen LogP contribution is -2.31. The summed E-state index contributed by atoms with van der Waals surface area (Å²) in [6.45, 7) is 0.701. The van der Waals surface area contributed by atoms with E-state index >= 15 is 0 Å². The van der Waals surface area contributed by atoms with Gasteiger partial charge in [-0.25, -0.2) is 4.79 Å². The van der Waals surface area contributed by atoms with Crippen LogP contribution in [0, 0.1) is 5.92 Å². The van der Waals surface area contributed by atoms with Crippen molar-refractivity contribution in [3.05, 3.63) is 40.4 Å². The molecule has 1 aliphatic carbocycles. The lowest BCUT2D eigenvalue weighted by molar-refractivity contribution is 0.112. The number of hydrogen-bond acceptors (Lipinski definition) is 6. The van der Waals surface area contributed by atoms with E-state index in [1.807, 2.05) is 0 Å². The first kappa shape index (κ1) is 15.8. The average molecular weight is 340 g/mol. The third-order valence-corrected chi connectivity index (χ3v) is 5.11. The second-order valence-corrected chi connectivity index (χ2v) is 6.62. The van der Waals surface area contributed by atoms with E-state index < -0.39 is 0 Å². The molecule has 25 heavy (non-hydrogen) atoms. The van der Waals surface area contributed by atoms with Gasteiger partial charge in [-0.2, -0.15) is 4.98 Å². The highest BCUT2D eigenvalue weighted by molar-refractivity contribution is 5.90. The fourth-order valence-corrected chi connectivity index (χ4v) is 3.64. The Balaban J connectivity index is 1.65. The number of ether oxygens (including phenoxy) is 1. The normalized spacial score (nSPS) is 21.5. The van der Waals surface area contributed by atoms with Gasteiger partial charge in [0.15, 0.2) is 23.6 Å². The molecule has 1 aliphatic heterocycles. The van der Waals surface area contributed by atoms with Crippen LogP contribution in [0.1, 0.15) is 42.1 Å². The number of nitrogens with two attached hydrogens (primary N) is 1. The van der Waals surface area contributed by atoms with Crippen LogP contribution in [-0.2, 0) is 0 Å². The highest BCUT2D eigenvalue weighted by Crippen LogP contribution is 2.42. The van der Waals surface area contributed by atoms with Crippen LogP contribution in [-0.4, -0.2) is 22.4 Å². The van der Waals surface area contributed by atoms with E-state index in [2.05, 4.69) is 10.3 Å². The van der Waals surface area contributed by atoms with E-state index in [0.29, 0.717) is 41.0 Å². The third-order valence-electron chi connectivity index (χ3n) is 5.11. The van der Waals surface area contributed by atoms with Crippen LogP contribution in [0.4, 0.5) is 11.5 Å². The van der Waals surface area contributed by atoms with E-state index in [1.54, 1.807) is 29.0 Å². The minimum absolute atomic E-state index is 0.124. The number of para-hydroxylation sites is 1. The number of nitrogens with one attached hydrogen (secondary N) is 1. The first-order valence-corrected chi connectivity index (χ1v) is 8.56. The number of nitrogens with zero attached hydrogens (tertiary/aromatic N) is 2. The minimum atomic E-state index is -0.307. The first-order chi connectivity index (χ1) is 12.2. The summed E-state index contributed by atoms with van der Waals surface area (Å²) in [6, 6.07) is 5.34. The monoisotopic (exact) mass is 340 g/mol. The van der Waals surface area contributed by atoms with Gasteiger partial charge in [0.1, 0.15) is 0 Å². The Kier molecular flexibility index (Phi) is 4.01. The van der Waals surface area contributed by atoms with Crippen LogP contribution < -0.4 is 21.5 Å². The second kappa shape index (κ2) is 6.33. The largest absolute Gasteiger partial charge is 0.450 e. The van der Waals surface area contributed by atoms with Gasteiger partial charge in [-0.1, -0.05) is 6.07 Å². The predicted molar refractivity (Wildman–Crippen MR) is 93.7 cm³/mol. The number of anilines is 2. The van der Waals surface area contributed by atoms with E-state index in [-0.39, 0.29) is 11.7 Å². The van der Waals surface area contributed by atoms with Crippen LogP contribution >= 0.6 is 0 Å². The molecule has 0 radical (unpaired) electrons. The van der Waals surface area contributed by atoms with Crippen LogP contribution in [0.25, 0.3) is 0 Å². The van der Waals surface area contributed by atoms with Crippen molar-refractivity contribution in [2.75, 3.05) is 11.9 Å². The summed E-state index contributed by atoms with van der Waals surface area (Å²) in [6.07, 6.45) is 6.35. The molecule has 1 aromatic heterocycles. The Hall–Kier alpha value is -2.67. The number of aromatic nitrogens is 2. The maximum absolute atomic E-state index is 12.5. The van der Waals surface area contributed by atoms with E-state index in [1.165, 1.54) is 0 Å². The van der Waals surface area contributed by atoms with Crippen molar-refractivity contribution in [2.24, 2.45) is 11.7 Å². The summed E-state index contributed by atoms with van der Waals surface area (Å²) in [7, 11) is 0. The molecule has 1 aromatic carbocycles. The summed E-state index contributed by atoms with van der Waals surface area (Å²) < 4.78 is 7.55. The fraction of sp³-hybridized carbons (Fsp3) is 0.389. The highest BCUT2D eigenvalue weighted by Gasteiger charge is 2.26. The molecular formula is C18H20N4O3. The zero-order chi connectivity index (χ0) is 17.4. The van der Waals surface area contributed by atoms with Crippen molar-refractivity contribution in [3.63, 3.8) is 0 Å². The SMILES string of the molecule is NCC1CCC(n2cc3c(nc2=O)Nc2c(C=O)cccc2O3)CC1. The van der Waals surface area contributed by atoms with Gasteiger partial charge in [-0.15, -0.1) is 0 Å². The molecule has 4 rings (SSSR count). The molecule has 2 heterocycles. The maximum Gasteiger partial charge on any atom is 0.350 e. The summed E-state index contributed by atoms with van der Waals surface area (Å²) in [5, 5.41) is 3.05. The minimum Gasteiger partial charge on any atom is -0.450 e. The summed E-state index contributed by atoms with van der Waals surface area (Å²) >= 11 is 0. The molecule has 0 spiro atoms. The Labute approximate surface area is 144 Å². The Bertz CT molecular complexity index is 869. The molecule has 1 fully saturated rings. The molecule has 2 aromatic rings. The maximum atomic E-state index is 12.5. The van der Waals surface area contributed by atoms with Gasteiger partial charge in [0.25, 0.3) is 0 Å². The number of carbonyl (C=O) groups is 1. The number of rotatable bonds is 3. The smallest absolute Gasteiger partial charge is 0.350 e. The van der Waals surface area contributed by atoms with Crippen molar-refractivity contribution in [1.29, 1.82) is 0 Å². The van der Waals surface area contributed by atoms with Crippen LogP contribution in [0.5, 0.6) is 11.5 Å². The molecule has 0 bridgehead atoms. The summed E-state index contributed by atoms with van der Waals surface area (Å²) in [4.78, 5) is 27.8. The predicted octanol–water partition coefficient (Wildman–Crippen LogP) is 2.60. The lowest BCUT2D eigenvalue weighted by atomic mass is 9.86. The van der Waals surface area contributed by atoms with E-state index in [9.17, 15) is 9.59 Å². The first-order valence-electron chi connectivity index (χ1n) is 8.56. The van der Waals surface area contributed by atoms with Gasteiger partial charge >= 0.3 is 5.69 Å². The zero-order valence-corrected chi connectivity index (χ0v) is 13.8. The van der Waals surface area contributed by atoms with Gasteiger partial charge in [0.05, 0.1) is 11.9 Å². The van der Waals surface area contributed by atoms with Gasteiger partial charge < -0.3 is 15.8 Å². The van der Waals surface area contributed by atoms with Crippen molar-refractivity contribution in [3.8, 4) is 11.5 Å². The van der Waals surface area contributed by atoms with Crippen LogP contribution in [0.2, 0.25) is 0 Å². The number of benzene rings is 1. The quantitative estimate of drug-likeness (QED) is 0.711. The molecule has 2 aliphatic rings. The topological polar surface area (TPSA) is 99.2 Å². The number of aldehydes is 1. The molecule has 130 valence electrons. The number of fused-ring (bicyclic) bond motifs is 2. The zero-order valence-electron chi connectivity index (χ0n) is 13.8. The fourth-order valence-electron chi connectivity index (χ4n) is 3.64. The van der Waals surface area contributed by atoms with Gasteiger partial charge in [0.2, 0.25) is 0 Å². The van der Waals surface area contributed by atoms with Crippen LogP contribution in [0.3, 0.4) is 0 Å². The van der Waals surface area contributed by atoms with Crippen molar-refractivity contribution >= 4 is 17.8 Å². The summed E-state index contributed by atoms with van der Waals surface area (Å²) in [5.41, 5.74) is 6.44. The Morgan fingerprint density at radius 3 is 2.80 bits per heavy atom. The number of carbonyl (C=O) groups excluding carboxylic acids is 1. The molecule has 0 saturated heterocycles. The van der Waals surface area contributed by atoms with E-state index in [4.69, 9.17) is 10.5 Å². The molecule has 0 amide bonds. The highest BCUT2D eigenvalue weighted by atomic mass is 16.5. The molecule has 7 nitrogen and oxygen atoms in total.